The van der Waals surface area contributed by atoms with Crippen LogP contribution in [0.5, 0.6) is 0 Å². The minimum atomic E-state index is -3.00. The minimum Gasteiger partial charge on any atom is -0.351 e. The van der Waals surface area contributed by atoms with E-state index >= 15 is 0 Å². The van der Waals surface area contributed by atoms with Crippen molar-refractivity contribution in [1.29, 1.82) is 0 Å². The fourth-order valence-corrected chi connectivity index (χ4v) is 5.47. The molecule has 2 heterocycles. The van der Waals surface area contributed by atoms with E-state index in [0.29, 0.717) is 6.42 Å². The lowest BCUT2D eigenvalue weighted by Crippen LogP contribution is -2.40. The Labute approximate surface area is 158 Å². The van der Waals surface area contributed by atoms with Crippen molar-refractivity contribution in [3.8, 4) is 11.3 Å². The van der Waals surface area contributed by atoms with Gasteiger partial charge in [0.2, 0.25) is 5.91 Å². The molecular weight excluding hydrogens is 370 g/mol. The van der Waals surface area contributed by atoms with Gasteiger partial charge in [0, 0.05) is 13.1 Å². The Morgan fingerprint density at radius 2 is 2.04 bits per heavy atom. The predicted molar refractivity (Wildman–Crippen MR) is 104 cm³/mol. The number of hydrogen-bond donors (Lipinski definition) is 1. The van der Waals surface area contributed by atoms with Gasteiger partial charge in [-0.2, -0.15) is 0 Å². The predicted octanol–water partition coefficient (Wildman–Crippen LogP) is 2.18. The van der Waals surface area contributed by atoms with Crippen molar-refractivity contribution in [2.75, 3.05) is 11.5 Å². The van der Waals surface area contributed by atoms with Gasteiger partial charge in [-0.05, 0) is 25.8 Å². The lowest BCUT2D eigenvalue weighted by molar-refractivity contribution is -0.120. The molecule has 3 rings (SSSR count). The average Bonchev–Trinajstić information content (AvgIpc) is 3.11. The van der Waals surface area contributed by atoms with Crippen LogP contribution in [0.2, 0.25) is 0 Å². The van der Waals surface area contributed by atoms with Crippen LogP contribution in [0.3, 0.4) is 0 Å². The van der Waals surface area contributed by atoms with Gasteiger partial charge in [0.05, 0.1) is 28.6 Å². The Hall–Kier alpha value is -1.80. The van der Waals surface area contributed by atoms with E-state index in [9.17, 15) is 13.2 Å². The zero-order valence-electron chi connectivity index (χ0n) is 15.1. The van der Waals surface area contributed by atoms with Crippen LogP contribution < -0.4 is 5.32 Å². The third kappa shape index (κ3) is 4.29. The number of aromatic nitrogens is 2. The average molecular weight is 394 g/mol. The fourth-order valence-electron chi connectivity index (χ4n) is 2.93. The van der Waals surface area contributed by atoms with Crippen molar-refractivity contribution in [1.82, 2.24) is 14.9 Å². The van der Waals surface area contributed by atoms with E-state index in [0.717, 1.165) is 16.4 Å². The molecule has 0 bridgehead atoms. The molecule has 2 aromatic rings. The van der Waals surface area contributed by atoms with Crippen molar-refractivity contribution >= 4 is 27.5 Å². The molecule has 1 aliphatic rings. The summed E-state index contributed by atoms with van der Waals surface area (Å²) in [5.41, 5.74) is 3.26. The highest BCUT2D eigenvalue weighted by atomic mass is 32.2. The molecule has 0 spiro atoms. The van der Waals surface area contributed by atoms with Gasteiger partial charge < -0.3 is 9.88 Å². The number of carbonyl (C=O) groups excluding carboxylic acids is 1. The lowest BCUT2D eigenvalue weighted by atomic mass is 10.1. The quantitative estimate of drug-likeness (QED) is 0.788. The monoisotopic (exact) mass is 393 g/mol. The molecule has 1 aliphatic heterocycles. The number of carbonyl (C=O) groups is 1. The van der Waals surface area contributed by atoms with Crippen molar-refractivity contribution in [2.45, 2.75) is 36.7 Å². The molecule has 1 aromatic heterocycles. The van der Waals surface area contributed by atoms with Crippen molar-refractivity contribution < 1.29 is 13.2 Å². The van der Waals surface area contributed by atoms with Gasteiger partial charge in [-0.3, -0.25) is 4.79 Å². The molecular formula is C18H23N3O3S2. The van der Waals surface area contributed by atoms with Crippen LogP contribution in [0.25, 0.3) is 11.3 Å². The Balaban J connectivity index is 1.65. The maximum absolute atomic E-state index is 12.4. The highest BCUT2D eigenvalue weighted by Gasteiger charge is 2.30. The second-order valence-corrected chi connectivity index (χ2v) is 10.3. The molecule has 1 saturated heterocycles. The fraction of sp³-hybridized carbons (Fsp3) is 0.444. The Morgan fingerprint density at radius 3 is 2.65 bits per heavy atom. The lowest BCUT2D eigenvalue weighted by Gasteiger charge is -2.15. The van der Waals surface area contributed by atoms with Gasteiger partial charge in [-0.15, -0.1) is 0 Å². The number of imidazole rings is 1. The van der Waals surface area contributed by atoms with Crippen LogP contribution >= 0.6 is 11.8 Å². The maximum atomic E-state index is 12.4. The third-order valence-electron chi connectivity index (χ3n) is 4.52. The first-order valence-corrected chi connectivity index (χ1v) is 11.2. The van der Waals surface area contributed by atoms with Crippen LogP contribution in [-0.4, -0.2) is 46.7 Å². The molecule has 8 heteroatoms. The highest BCUT2D eigenvalue weighted by Crippen LogP contribution is 2.28. The van der Waals surface area contributed by atoms with E-state index < -0.39 is 9.84 Å². The van der Waals surface area contributed by atoms with Gasteiger partial charge in [-0.1, -0.05) is 41.6 Å². The summed E-state index contributed by atoms with van der Waals surface area (Å²) in [7, 11) is -1.07. The molecule has 2 atom stereocenters. The number of hydrogen-bond acceptors (Lipinski definition) is 5. The summed E-state index contributed by atoms with van der Waals surface area (Å²) in [5.74, 6) is 0.0338. The number of rotatable bonds is 5. The molecule has 26 heavy (non-hydrogen) atoms. The Kier molecular flexibility index (Phi) is 5.43. The van der Waals surface area contributed by atoms with Gasteiger partial charge in [0.1, 0.15) is 0 Å². The molecule has 0 saturated carbocycles. The first-order valence-electron chi connectivity index (χ1n) is 8.51. The number of amides is 1. The number of nitrogens with zero attached hydrogens (tertiary/aromatic N) is 2. The van der Waals surface area contributed by atoms with Crippen molar-refractivity contribution in [3.05, 3.63) is 36.0 Å². The summed E-state index contributed by atoms with van der Waals surface area (Å²) >= 11 is 1.37. The molecule has 1 aromatic carbocycles. The van der Waals surface area contributed by atoms with E-state index in [4.69, 9.17) is 0 Å². The smallest absolute Gasteiger partial charge is 0.233 e. The summed E-state index contributed by atoms with van der Waals surface area (Å²) in [6.07, 6.45) is 2.30. The van der Waals surface area contributed by atoms with Gasteiger partial charge in [-0.25, -0.2) is 13.4 Å². The van der Waals surface area contributed by atoms with Crippen LogP contribution in [-0.2, 0) is 21.7 Å². The number of nitrogens with one attached hydrogen (secondary N) is 1. The van der Waals surface area contributed by atoms with E-state index in [1.807, 2.05) is 25.5 Å². The molecule has 6 nitrogen and oxygen atoms in total. The maximum Gasteiger partial charge on any atom is 0.233 e. The molecule has 0 unspecified atom stereocenters. The minimum absolute atomic E-state index is 0.0378. The van der Waals surface area contributed by atoms with Gasteiger partial charge in [0.25, 0.3) is 0 Å². The van der Waals surface area contributed by atoms with Crippen LogP contribution in [0, 0.1) is 6.92 Å². The Bertz CT molecular complexity index is 904. The standard InChI is InChI=1S/C18H23N3O3S2/c1-12-4-6-14(7-5-12)16-10-19-18(21(16)3)25-13(2)17(22)20-15-8-9-26(23,24)11-15/h4-7,10,13,15H,8-9,11H2,1-3H3,(H,20,22)/t13-,15-/m0/s1. The second kappa shape index (κ2) is 7.44. The molecule has 0 radical (unpaired) electrons. The zero-order chi connectivity index (χ0) is 18.9. The van der Waals surface area contributed by atoms with E-state index in [1.165, 1.54) is 17.3 Å². The first kappa shape index (κ1) is 19.0. The zero-order valence-corrected chi connectivity index (χ0v) is 16.7. The summed E-state index contributed by atoms with van der Waals surface area (Å²) in [6.45, 7) is 3.86. The van der Waals surface area contributed by atoms with Crippen LogP contribution in [0.15, 0.2) is 35.6 Å². The normalized spacial score (nSPS) is 20.0. The highest BCUT2D eigenvalue weighted by molar-refractivity contribution is 8.00. The third-order valence-corrected chi connectivity index (χ3v) is 7.45. The van der Waals surface area contributed by atoms with E-state index in [-0.39, 0.29) is 28.7 Å². The van der Waals surface area contributed by atoms with Crippen molar-refractivity contribution in [3.63, 3.8) is 0 Å². The summed E-state index contributed by atoms with van der Waals surface area (Å²) in [4.78, 5) is 16.8. The number of aryl methyl sites for hydroxylation is 1. The molecule has 0 aliphatic carbocycles. The van der Waals surface area contributed by atoms with Crippen LogP contribution in [0.4, 0.5) is 0 Å². The van der Waals surface area contributed by atoms with Gasteiger partial charge in [0.15, 0.2) is 15.0 Å². The van der Waals surface area contributed by atoms with Gasteiger partial charge >= 0.3 is 0 Å². The first-order chi connectivity index (χ1) is 12.2. The van der Waals surface area contributed by atoms with Crippen LogP contribution in [0.1, 0.15) is 18.9 Å². The largest absolute Gasteiger partial charge is 0.351 e. The van der Waals surface area contributed by atoms with E-state index in [2.05, 4.69) is 34.6 Å². The van der Waals surface area contributed by atoms with E-state index in [1.54, 1.807) is 6.20 Å². The SMILES string of the molecule is Cc1ccc(-c2cnc(S[C@@H](C)C(=O)N[C@H]3CCS(=O)(=O)C3)n2C)cc1. The number of thioether (sulfide) groups is 1. The summed E-state index contributed by atoms with van der Waals surface area (Å²) in [6, 6.07) is 7.94. The second-order valence-electron chi connectivity index (χ2n) is 6.72. The van der Waals surface area contributed by atoms with Crippen molar-refractivity contribution in [2.24, 2.45) is 7.05 Å². The molecule has 1 fully saturated rings. The number of sulfone groups is 1. The Morgan fingerprint density at radius 1 is 1.35 bits per heavy atom. The topological polar surface area (TPSA) is 81.1 Å². The molecule has 1 N–H and O–H groups in total. The molecule has 1 amide bonds. The molecule has 140 valence electrons. The number of benzene rings is 1. The summed E-state index contributed by atoms with van der Waals surface area (Å²) < 4.78 is 25.0. The summed E-state index contributed by atoms with van der Waals surface area (Å²) in [5, 5.41) is 3.24.